The molecule has 0 bridgehead atoms. The zero-order valence-electron chi connectivity index (χ0n) is 5.74. The van der Waals surface area contributed by atoms with Crippen LogP contribution in [0.15, 0.2) is 6.20 Å². The van der Waals surface area contributed by atoms with Crippen LogP contribution in [0.5, 0.6) is 0 Å². The number of hydrogen-bond donors (Lipinski definition) is 0. The average Bonchev–Trinajstić information content (AvgIpc) is 2.10. The molecule has 0 saturated carbocycles. The van der Waals surface area contributed by atoms with Crippen molar-refractivity contribution in [3.63, 3.8) is 0 Å². The zero-order valence-corrected chi connectivity index (χ0v) is 8.13. The number of thiazole rings is 1. The second kappa shape index (κ2) is 3.08. The summed E-state index contributed by atoms with van der Waals surface area (Å²) in [5.74, 6) is -0.0234. The Labute approximate surface area is 73.9 Å². The molecule has 0 amide bonds. The molecule has 62 valence electrons. The van der Waals surface area contributed by atoms with E-state index in [0.29, 0.717) is 9.34 Å². The molecule has 0 radical (unpaired) electrons. The molecule has 0 unspecified atom stereocenters. The van der Waals surface area contributed by atoms with Crippen molar-refractivity contribution in [3.8, 4) is 0 Å². The summed E-state index contributed by atoms with van der Waals surface area (Å²) in [5.41, 5.74) is 0. The van der Waals surface area contributed by atoms with Crippen molar-refractivity contribution in [2.75, 3.05) is 6.26 Å². The fourth-order valence-corrected chi connectivity index (χ4v) is 2.73. The maximum absolute atomic E-state index is 10.7. The Hall–Kier alpha value is -0.130. The zero-order chi connectivity index (χ0) is 8.48. The fraction of sp³-hybridized carbons (Fsp3) is 0.400. The van der Waals surface area contributed by atoms with Gasteiger partial charge in [-0.1, -0.05) is 11.6 Å². The Kier molecular flexibility index (Phi) is 2.51. The molecule has 1 aromatic rings. The van der Waals surface area contributed by atoms with Crippen LogP contribution in [0.4, 0.5) is 0 Å². The Morgan fingerprint density at radius 2 is 2.36 bits per heavy atom. The molecule has 1 aromatic heterocycles. The van der Waals surface area contributed by atoms with Crippen molar-refractivity contribution >= 4 is 32.8 Å². The third-order valence-electron chi connectivity index (χ3n) is 0.911. The van der Waals surface area contributed by atoms with E-state index in [1.165, 1.54) is 23.8 Å². The van der Waals surface area contributed by atoms with E-state index in [1.54, 1.807) is 0 Å². The first-order valence-corrected chi connectivity index (χ1v) is 6.01. The largest absolute Gasteiger partial charge is 0.247 e. The van der Waals surface area contributed by atoms with Crippen LogP contribution in [0, 0.1) is 0 Å². The van der Waals surface area contributed by atoms with Gasteiger partial charge in [0, 0.05) is 6.26 Å². The second-order valence-corrected chi connectivity index (χ2v) is 6.01. The van der Waals surface area contributed by atoms with Gasteiger partial charge in [-0.25, -0.2) is 13.4 Å². The minimum atomic E-state index is -2.97. The number of aromatic nitrogens is 1. The van der Waals surface area contributed by atoms with Crippen molar-refractivity contribution in [1.29, 1.82) is 0 Å². The Balaban J connectivity index is 2.81. The van der Waals surface area contributed by atoms with Crippen molar-refractivity contribution in [2.45, 2.75) is 5.75 Å². The van der Waals surface area contributed by atoms with Gasteiger partial charge in [0.1, 0.15) is 15.1 Å². The first kappa shape index (κ1) is 8.96. The predicted octanol–water partition coefficient (Wildman–Crippen LogP) is 1.34. The Bertz CT molecular complexity index is 343. The molecule has 0 aliphatic carbocycles. The normalized spacial score (nSPS) is 11.8. The van der Waals surface area contributed by atoms with Crippen molar-refractivity contribution in [2.24, 2.45) is 0 Å². The van der Waals surface area contributed by atoms with Gasteiger partial charge in [-0.3, -0.25) is 0 Å². The molecule has 6 heteroatoms. The van der Waals surface area contributed by atoms with Crippen LogP contribution < -0.4 is 0 Å². The molecular formula is C5H6ClNO2S2. The van der Waals surface area contributed by atoms with Gasteiger partial charge >= 0.3 is 0 Å². The monoisotopic (exact) mass is 211 g/mol. The third kappa shape index (κ3) is 3.18. The lowest BCUT2D eigenvalue weighted by Crippen LogP contribution is -1.99. The molecule has 0 aliphatic rings. The van der Waals surface area contributed by atoms with E-state index in [-0.39, 0.29) is 5.75 Å². The highest BCUT2D eigenvalue weighted by Crippen LogP contribution is 2.19. The first-order chi connectivity index (χ1) is 4.97. The van der Waals surface area contributed by atoms with Crippen LogP contribution in [-0.2, 0) is 15.6 Å². The summed E-state index contributed by atoms with van der Waals surface area (Å²) in [7, 11) is -2.97. The summed E-state index contributed by atoms with van der Waals surface area (Å²) in [6, 6.07) is 0. The van der Waals surface area contributed by atoms with Gasteiger partial charge in [-0.05, 0) is 0 Å². The number of sulfone groups is 1. The highest BCUT2D eigenvalue weighted by atomic mass is 35.5. The van der Waals surface area contributed by atoms with E-state index in [1.807, 2.05) is 0 Å². The van der Waals surface area contributed by atoms with Gasteiger partial charge in [0.2, 0.25) is 0 Å². The van der Waals surface area contributed by atoms with Gasteiger partial charge in [0.25, 0.3) is 0 Å². The Morgan fingerprint density at radius 1 is 1.73 bits per heavy atom. The average molecular weight is 212 g/mol. The second-order valence-electron chi connectivity index (χ2n) is 2.13. The molecule has 0 N–H and O–H groups in total. The smallest absolute Gasteiger partial charge is 0.153 e. The fourth-order valence-electron chi connectivity index (χ4n) is 0.579. The summed E-state index contributed by atoms with van der Waals surface area (Å²) < 4.78 is 22.0. The number of rotatable bonds is 2. The van der Waals surface area contributed by atoms with Gasteiger partial charge in [0.05, 0.1) is 6.20 Å². The Morgan fingerprint density at radius 3 is 2.73 bits per heavy atom. The quantitative estimate of drug-likeness (QED) is 0.742. The maximum Gasteiger partial charge on any atom is 0.153 e. The molecule has 0 atom stereocenters. The summed E-state index contributed by atoms with van der Waals surface area (Å²) in [6.45, 7) is 0. The minimum Gasteiger partial charge on any atom is -0.247 e. The number of nitrogens with zero attached hydrogens (tertiary/aromatic N) is 1. The van der Waals surface area contributed by atoms with Gasteiger partial charge in [0.15, 0.2) is 9.84 Å². The highest BCUT2D eigenvalue weighted by Gasteiger charge is 2.07. The molecule has 11 heavy (non-hydrogen) atoms. The molecular weight excluding hydrogens is 206 g/mol. The lowest BCUT2D eigenvalue weighted by Gasteiger charge is -1.89. The standard InChI is InChI=1S/C5H6ClNO2S2/c1-11(8,9)3-5-7-2-4(6)10-5/h2H,3H2,1H3. The number of halogens is 1. The summed E-state index contributed by atoms with van der Waals surface area (Å²) >= 11 is 6.74. The van der Waals surface area contributed by atoms with Crippen LogP contribution >= 0.6 is 22.9 Å². The van der Waals surface area contributed by atoms with Crippen molar-refractivity contribution < 1.29 is 8.42 Å². The van der Waals surface area contributed by atoms with Crippen LogP contribution in [-0.4, -0.2) is 19.7 Å². The molecule has 3 nitrogen and oxygen atoms in total. The molecule has 0 saturated heterocycles. The lowest BCUT2D eigenvalue weighted by molar-refractivity contribution is 0.601. The van der Waals surface area contributed by atoms with E-state index >= 15 is 0 Å². The van der Waals surface area contributed by atoms with E-state index in [0.717, 1.165) is 0 Å². The molecule has 1 heterocycles. The number of hydrogen-bond acceptors (Lipinski definition) is 4. The molecule has 1 rings (SSSR count). The molecule has 0 aliphatic heterocycles. The summed E-state index contributed by atoms with van der Waals surface area (Å²) in [5, 5.41) is 0.539. The van der Waals surface area contributed by atoms with E-state index in [9.17, 15) is 8.42 Å². The van der Waals surface area contributed by atoms with Gasteiger partial charge in [-0.15, -0.1) is 11.3 Å². The SMILES string of the molecule is CS(=O)(=O)Cc1ncc(Cl)s1. The third-order valence-corrected chi connectivity index (χ3v) is 3.01. The van der Waals surface area contributed by atoms with Crippen LogP contribution in [0.1, 0.15) is 5.01 Å². The van der Waals surface area contributed by atoms with E-state index in [4.69, 9.17) is 11.6 Å². The van der Waals surface area contributed by atoms with Gasteiger partial charge in [-0.2, -0.15) is 0 Å². The molecule has 0 fully saturated rings. The van der Waals surface area contributed by atoms with Crippen LogP contribution in [0.3, 0.4) is 0 Å². The van der Waals surface area contributed by atoms with Gasteiger partial charge < -0.3 is 0 Å². The molecule has 0 aromatic carbocycles. The minimum absolute atomic E-state index is 0.0234. The highest BCUT2D eigenvalue weighted by molar-refractivity contribution is 7.90. The lowest BCUT2D eigenvalue weighted by atomic mass is 10.8. The summed E-state index contributed by atoms with van der Waals surface area (Å²) in [4.78, 5) is 3.81. The van der Waals surface area contributed by atoms with E-state index < -0.39 is 9.84 Å². The first-order valence-electron chi connectivity index (χ1n) is 2.75. The van der Waals surface area contributed by atoms with E-state index in [2.05, 4.69) is 4.98 Å². The van der Waals surface area contributed by atoms with Crippen LogP contribution in [0.25, 0.3) is 0 Å². The maximum atomic E-state index is 10.7. The predicted molar refractivity (Wildman–Crippen MR) is 45.7 cm³/mol. The summed E-state index contributed by atoms with van der Waals surface area (Å²) in [6.07, 6.45) is 2.62. The molecule has 0 spiro atoms. The topological polar surface area (TPSA) is 47.0 Å². The van der Waals surface area contributed by atoms with Crippen molar-refractivity contribution in [3.05, 3.63) is 15.5 Å². The van der Waals surface area contributed by atoms with Crippen molar-refractivity contribution in [1.82, 2.24) is 4.98 Å². The van der Waals surface area contributed by atoms with Crippen LogP contribution in [0.2, 0.25) is 4.34 Å².